The van der Waals surface area contributed by atoms with E-state index in [1.165, 1.54) is 6.21 Å². The highest BCUT2D eigenvalue weighted by molar-refractivity contribution is 5.89. The average molecular weight is 478 g/mol. The van der Waals surface area contributed by atoms with E-state index in [1.54, 1.807) is 44.2 Å². The minimum Gasteiger partial charge on any atom is -0.484 e. The van der Waals surface area contributed by atoms with Crippen LogP contribution in [-0.4, -0.2) is 49.9 Å². The first-order valence-electron chi connectivity index (χ1n) is 11.1. The number of rotatable bonds is 11. The minimum atomic E-state index is -0.807. The fraction of sp³-hybridized carbons (Fsp3) is 0.231. The second-order valence-electron chi connectivity index (χ2n) is 7.48. The maximum Gasteiger partial charge on any atom is 0.344 e. The molecular formula is C26H27N3O6. The predicted octanol–water partition coefficient (Wildman–Crippen LogP) is 2.82. The van der Waals surface area contributed by atoms with Crippen molar-refractivity contribution in [2.24, 2.45) is 5.10 Å². The van der Waals surface area contributed by atoms with Crippen molar-refractivity contribution in [1.29, 1.82) is 0 Å². The predicted molar refractivity (Wildman–Crippen MR) is 131 cm³/mol. The first-order valence-corrected chi connectivity index (χ1v) is 11.1. The van der Waals surface area contributed by atoms with E-state index < -0.39 is 23.8 Å². The number of benzene rings is 3. The van der Waals surface area contributed by atoms with Gasteiger partial charge in [-0.05, 0) is 66.6 Å². The number of esters is 1. The van der Waals surface area contributed by atoms with Gasteiger partial charge in [-0.1, -0.05) is 30.3 Å². The van der Waals surface area contributed by atoms with Gasteiger partial charge in [0.1, 0.15) is 17.5 Å². The van der Waals surface area contributed by atoms with Crippen LogP contribution in [0.1, 0.15) is 19.4 Å². The van der Waals surface area contributed by atoms with Gasteiger partial charge in [-0.2, -0.15) is 5.10 Å². The molecule has 3 rings (SSSR count). The van der Waals surface area contributed by atoms with Gasteiger partial charge in [0.25, 0.3) is 11.8 Å². The zero-order valence-corrected chi connectivity index (χ0v) is 19.5. The van der Waals surface area contributed by atoms with Gasteiger partial charge in [0.15, 0.2) is 13.2 Å². The van der Waals surface area contributed by atoms with Gasteiger partial charge in [0.05, 0.1) is 12.8 Å². The van der Waals surface area contributed by atoms with Crippen molar-refractivity contribution in [2.75, 3.05) is 19.8 Å². The summed E-state index contributed by atoms with van der Waals surface area (Å²) in [6.45, 7) is 3.18. The summed E-state index contributed by atoms with van der Waals surface area (Å²) in [5.74, 6) is -0.278. The quantitative estimate of drug-likeness (QED) is 0.249. The van der Waals surface area contributed by atoms with Gasteiger partial charge in [-0.25, -0.2) is 10.2 Å². The van der Waals surface area contributed by atoms with Crippen LogP contribution in [0.4, 0.5) is 0 Å². The minimum absolute atomic E-state index is 0.172. The number of nitrogens with zero attached hydrogens (tertiary/aromatic N) is 1. The van der Waals surface area contributed by atoms with Crippen molar-refractivity contribution < 1.29 is 28.6 Å². The molecule has 0 saturated carbocycles. The molecule has 1 unspecified atom stereocenters. The highest BCUT2D eigenvalue weighted by Gasteiger charge is 2.15. The van der Waals surface area contributed by atoms with Crippen LogP contribution in [0.5, 0.6) is 11.5 Å². The van der Waals surface area contributed by atoms with E-state index in [-0.39, 0.29) is 13.2 Å². The number of amides is 2. The van der Waals surface area contributed by atoms with Crippen molar-refractivity contribution in [2.45, 2.75) is 19.9 Å². The molecule has 0 fully saturated rings. The van der Waals surface area contributed by atoms with Gasteiger partial charge >= 0.3 is 5.97 Å². The maximum atomic E-state index is 12.2. The molecule has 0 aliphatic heterocycles. The van der Waals surface area contributed by atoms with Crippen LogP contribution in [0.2, 0.25) is 0 Å². The third-order valence-corrected chi connectivity index (χ3v) is 4.79. The third kappa shape index (κ3) is 8.15. The fourth-order valence-corrected chi connectivity index (χ4v) is 3.02. The topological polar surface area (TPSA) is 115 Å². The Hall–Kier alpha value is -4.40. The lowest BCUT2D eigenvalue weighted by Gasteiger charge is -2.13. The zero-order chi connectivity index (χ0) is 25.0. The SMILES string of the molecule is CCOC(=O)COc1ccc(/C=N/NC(=O)C(C)NC(=O)COc2ccc3ccccc3c2)cc1. The molecule has 0 heterocycles. The van der Waals surface area contributed by atoms with Crippen molar-refractivity contribution in [3.63, 3.8) is 0 Å². The van der Waals surface area contributed by atoms with Crippen molar-refractivity contribution >= 4 is 34.8 Å². The molecule has 0 spiro atoms. The average Bonchev–Trinajstić information content (AvgIpc) is 2.87. The Balaban J connectivity index is 1.39. The third-order valence-electron chi connectivity index (χ3n) is 4.79. The molecule has 0 aromatic heterocycles. The fourth-order valence-electron chi connectivity index (χ4n) is 3.02. The molecule has 2 N–H and O–H groups in total. The first-order chi connectivity index (χ1) is 16.9. The standard InChI is InChI=1S/C26H27N3O6/c1-3-33-25(31)17-35-22-11-8-19(9-12-22)15-27-29-26(32)18(2)28-24(30)16-34-23-13-10-20-6-4-5-7-21(20)14-23/h4-15,18H,3,16-17H2,1-2H3,(H,28,30)(H,29,32)/b27-15+. The Labute approximate surface area is 203 Å². The molecule has 1 atom stereocenters. The highest BCUT2D eigenvalue weighted by atomic mass is 16.6. The number of carbonyl (C=O) groups is 3. The highest BCUT2D eigenvalue weighted by Crippen LogP contribution is 2.20. The van der Waals surface area contributed by atoms with Gasteiger partial charge in [-0.3, -0.25) is 9.59 Å². The van der Waals surface area contributed by atoms with Crippen molar-refractivity contribution in [1.82, 2.24) is 10.7 Å². The van der Waals surface area contributed by atoms with Crippen LogP contribution in [0, 0.1) is 0 Å². The molecule has 3 aromatic rings. The number of nitrogens with one attached hydrogen (secondary N) is 2. The summed E-state index contributed by atoms with van der Waals surface area (Å²) in [5, 5.41) is 8.56. The molecule has 0 bridgehead atoms. The molecule has 0 radical (unpaired) electrons. The van der Waals surface area contributed by atoms with E-state index in [9.17, 15) is 14.4 Å². The van der Waals surface area contributed by atoms with Crippen LogP contribution >= 0.6 is 0 Å². The van der Waals surface area contributed by atoms with Gasteiger partial charge in [0, 0.05) is 0 Å². The lowest BCUT2D eigenvalue weighted by Crippen LogP contribution is -2.45. The second-order valence-corrected chi connectivity index (χ2v) is 7.48. The number of hydrogen-bond acceptors (Lipinski definition) is 7. The van der Waals surface area contributed by atoms with Crippen LogP contribution in [0.3, 0.4) is 0 Å². The van der Waals surface area contributed by atoms with Gasteiger partial charge in [-0.15, -0.1) is 0 Å². The molecule has 0 saturated heterocycles. The van der Waals surface area contributed by atoms with Crippen LogP contribution in [-0.2, 0) is 19.1 Å². The Morgan fingerprint density at radius 2 is 1.60 bits per heavy atom. The summed E-state index contributed by atoms with van der Waals surface area (Å²) in [7, 11) is 0. The largest absolute Gasteiger partial charge is 0.484 e. The number of carbonyl (C=O) groups excluding carboxylic acids is 3. The van der Waals surface area contributed by atoms with E-state index in [2.05, 4.69) is 15.8 Å². The van der Waals surface area contributed by atoms with Crippen molar-refractivity contribution in [3.8, 4) is 11.5 Å². The van der Waals surface area contributed by atoms with Gasteiger partial charge < -0.3 is 19.5 Å². The molecule has 0 aliphatic rings. The van der Waals surface area contributed by atoms with E-state index in [0.717, 1.165) is 10.8 Å². The van der Waals surface area contributed by atoms with E-state index in [4.69, 9.17) is 14.2 Å². The molecule has 9 nitrogen and oxygen atoms in total. The number of hydrogen-bond donors (Lipinski definition) is 2. The summed E-state index contributed by atoms with van der Waals surface area (Å²) in [5.41, 5.74) is 3.08. The second kappa shape index (κ2) is 12.7. The summed E-state index contributed by atoms with van der Waals surface area (Å²) in [6, 6.07) is 19.4. The molecule has 0 aliphatic carbocycles. The molecule has 35 heavy (non-hydrogen) atoms. The van der Waals surface area contributed by atoms with E-state index in [0.29, 0.717) is 23.7 Å². The summed E-state index contributed by atoms with van der Waals surface area (Å²) in [4.78, 5) is 35.7. The summed E-state index contributed by atoms with van der Waals surface area (Å²) in [6.07, 6.45) is 1.45. The Bertz CT molecular complexity index is 1190. The molecule has 9 heteroatoms. The Morgan fingerprint density at radius 3 is 2.34 bits per heavy atom. The summed E-state index contributed by atoms with van der Waals surface area (Å²) >= 11 is 0. The first kappa shape index (κ1) is 25.2. The van der Waals surface area contributed by atoms with Crippen molar-refractivity contribution in [3.05, 3.63) is 72.3 Å². The molecule has 3 aromatic carbocycles. The van der Waals surface area contributed by atoms with Gasteiger partial charge in [0.2, 0.25) is 0 Å². The monoisotopic (exact) mass is 477 g/mol. The maximum absolute atomic E-state index is 12.2. The molecule has 2 amide bonds. The lowest BCUT2D eigenvalue weighted by atomic mass is 10.1. The zero-order valence-electron chi connectivity index (χ0n) is 19.5. The van der Waals surface area contributed by atoms with Crippen LogP contribution in [0.25, 0.3) is 10.8 Å². The Kier molecular flexibility index (Phi) is 9.18. The Morgan fingerprint density at radius 1 is 0.914 bits per heavy atom. The number of hydrazone groups is 1. The summed E-state index contributed by atoms with van der Waals surface area (Å²) < 4.78 is 15.6. The van der Waals surface area contributed by atoms with E-state index >= 15 is 0 Å². The van der Waals surface area contributed by atoms with E-state index in [1.807, 2.05) is 36.4 Å². The van der Waals surface area contributed by atoms with Crippen LogP contribution < -0.4 is 20.2 Å². The number of ether oxygens (including phenoxy) is 3. The van der Waals surface area contributed by atoms with Crippen LogP contribution in [0.15, 0.2) is 71.8 Å². The smallest absolute Gasteiger partial charge is 0.344 e. The molecular weight excluding hydrogens is 450 g/mol. The lowest BCUT2D eigenvalue weighted by molar-refractivity contribution is -0.145. The normalized spacial score (nSPS) is 11.6. The molecule has 182 valence electrons. The number of fused-ring (bicyclic) bond motifs is 1.